The zero-order chi connectivity index (χ0) is 20.5. The quantitative estimate of drug-likeness (QED) is 0.387. The summed E-state index contributed by atoms with van der Waals surface area (Å²) in [6.07, 6.45) is 0.790. The number of fused-ring (bicyclic) bond motifs is 3. The summed E-state index contributed by atoms with van der Waals surface area (Å²) >= 11 is 0. The minimum Gasteiger partial charge on any atom is -0.508 e. The van der Waals surface area contributed by atoms with Crippen molar-refractivity contribution in [1.82, 2.24) is 9.97 Å². The monoisotopic (exact) mass is 396 g/mol. The molecule has 6 heteroatoms. The second-order valence-corrected chi connectivity index (χ2v) is 7.12. The summed E-state index contributed by atoms with van der Waals surface area (Å²) in [6, 6.07) is 23.1. The van der Waals surface area contributed by atoms with Crippen LogP contribution >= 0.6 is 0 Å². The highest BCUT2D eigenvalue weighted by molar-refractivity contribution is 6.09. The van der Waals surface area contributed by atoms with Gasteiger partial charge >= 0.3 is 0 Å². The molecule has 4 N–H and O–H groups in total. The van der Waals surface area contributed by atoms with Crippen LogP contribution in [-0.4, -0.2) is 21.6 Å². The van der Waals surface area contributed by atoms with E-state index >= 15 is 0 Å². The number of furan rings is 1. The van der Waals surface area contributed by atoms with Crippen LogP contribution in [0.25, 0.3) is 33.2 Å². The summed E-state index contributed by atoms with van der Waals surface area (Å²) in [7, 11) is 0. The Morgan fingerprint density at radius 1 is 0.900 bits per heavy atom. The molecule has 0 saturated carbocycles. The first-order chi connectivity index (χ1) is 14.7. The number of rotatable bonds is 5. The lowest BCUT2D eigenvalue weighted by Crippen LogP contribution is -2.08. The highest BCUT2D eigenvalue weighted by Crippen LogP contribution is 2.35. The highest BCUT2D eigenvalue weighted by Gasteiger charge is 2.14. The summed E-state index contributed by atoms with van der Waals surface area (Å²) < 4.78 is 6.12. The molecule has 2 aromatic heterocycles. The Bertz CT molecular complexity index is 1340. The highest BCUT2D eigenvalue weighted by atomic mass is 16.3. The van der Waals surface area contributed by atoms with Gasteiger partial charge in [-0.1, -0.05) is 42.5 Å². The lowest BCUT2D eigenvalue weighted by atomic mass is 10.1. The molecule has 2 heterocycles. The van der Waals surface area contributed by atoms with E-state index in [2.05, 4.69) is 21.4 Å². The first-order valence-corrected chi connectivity index (χ1v) is 9.74. The Balaban J connectivity index is 1.45. The maximum atomic E-state index is 9.40. The van der Waals surface area contributed by atoms with E-state index < -0.39 is 0 Å². The Morgan fingerprint density at radius 3 is 2.57 bits per heavy atom. The summed E-state index contributed by atoms with van der Waals surface area (Å²) in [5.74, 6) is 1.12. The molecule has 30 heavy (non-hydrogen) atoms. The summed E-state index contributed by atoms with van der Waals surface area (Å²) in [5, 5.41) is 14.8. The average Bonchev–Trinajstić information content (AvgIpc) is 3.14. The molecular weight excluding hydrogens is 376 g/mol. The number of benzene rings is 3. The summed E-state index contributed by atoms with van der Waals surface area (Å²) in [5.41, 5.74) is 10.3. The van der Waals surface area contributed by atoms with E-state index in [1.165, 1.54) is 0 Å². The lowest BCUT2D eigenvalue weighted by Gasteiger charge is -2.09. The van der Waals surface area contributed by atoms with Gasteiger partial charge in [0.1, 0.15) is 22.7 Å². The maximum Gasteiger partial charge on any atom is 0.222 e. The molecule has 0 aliphatic heterocycles. The van der Waals surface area contributed by atoms with Crippen LogP contribution < -0.4 is 11.1 Å². The van der Waals surface area contributed by atoms with Crippen LogP contribution in [0.5, 0.6) is 5.75 Å². The van der Waals surface area contributed by atoms with E-state index in [1.807, 2.05) is 54.6 Å². The SMILES string of the molecule is Nc1nc(NCCc2ccc(O)cc2)cc(-c2cccc3c2oc2ccccc23)n1. The fourth-order valence-corrected chi connectivity index (χ4v) is 3.64. The molecule has 0 fully saturated rings. The molecule has 0 spiro atoms. The van der Waals surface area contributed by atoms with Crippen molar-refractivity contribution in [3.63, 3.8) is 0 Å². The van der Waals surface area contributed by atoms with Gasteiger partial charge in [0, 0.05) is 28.9 Å². The summed E-state index contributed by atoms with van der Waals surface area (Å²) in [6.45, 7) is 0.676. The van der Waals surface area contributed by atoms with E-state index in [0.717, 1.165) is 39.5 Å². The van der Waals surface area contributed by atoms with Crippen LogP contribution in [0.4, 0.5) is 11.8 Å². The third kappa shape index (κ3) is 3.39. The Morgan fingerprint density at radius 2 is 1.70 bits per heavy atom. The number of aromatic nitrogens is 2. The second kappa shape index (κ2) is 7.40. The smallest absolute Gasteiger partial charge is 0.222 e. The standard InChI is InChI=1S/C24H20N4O2/c25-24-27-20(14-22(28-24)26-13-12-15-8-10-16(29)11-9-15)19-6-3-5-18-17-4-1-2-7-21(17)30-23(18)19/h1-11,14,29H,12-13H2,(H3,25,26,27,28). The van der Waals surface area contributed by atoms with E-state index in [9.17, 15) is 5.11 Å². The third-order valence-corrected chi connectivity index (χ3v) is 5.08. The van der Waals surface area contributed by atoms with Crippen LogP contribution in [0, 0.1) is 0 Å². The molecule has 0 unspecified atom stereocenters. The molecule has 0 amide bonds. The van der Waals surface area contributed by atoms with Gasteiger partial charge in [0.15, 0.2) is 0 Å². The number of nitrogen functional groups attached to an aromatic ring is 1. The lowest BCUT2D eigenvalue weighted by molar-refractivity contribution is 0.475. The van der Waals surface area contributed by atoms with Crippen LogP contribution in [0.2, 0.25) is 0 Å². The molecule has 0 aliphatic rings. The van der Waals surface area contributed by atoms with Gasteiger partial charge in [-0.2, -0.15) is 4.98 Å². The Kier molecular flexibility index (Phi) is 4.44. The number of para-hydroxylation sites is 2. The second-order valence-electron chi connectivity index (χ2n) is 7.12. The molecule has 6 nitrogen and oxygen atoms in total. The number of phenols is 1. The molecule has 148 valence electrons. The molecule has 3 aromatic carbocycles. The van der Waals surface area contributed by atoms with Crippen molar-refractivity contribution >= 4 is 33.7 Å². The van der Waals surface area contributed by atoms with Crippen molar-refractivity contribution in [2.75, 3.05) is 17.6 Å². The van der Waals surface area contributed by atoms with Crippen LogP contribution in [0.15, 0.2) is 77.2 Å². The van der Waals surface area contributed by atoms with E-state index in [4.69, 9.17) is 10.2 Å². The van der Waals surface area contributed by atoms with Crippen LogP contribution in [0.3, 0.4) is 0 Å². The van der Waals surface area contributed by atoms with Crippen LogP contribution in [0.1, 0.15) is 5.56 Å². The number of aromatic hydroxyl groups is 1. The first-order valence-electron chi connectivity index (χ1n) is 9.74. The van der Waals surface area contributed by atoms with Crippen molar-refractivity contribution in [3.8, 4) is 17.0 Å². The van der Waals surface area contributed by atoms with E-state index in [0.29, 0.717) is 18.1 Å². The van der Waals surface area contributed by atoms with Crippen LogP contribution in [-0.2, 0) is 6.42 Å². The first kappa shape index (κ1) is 18.0. The van der Waals surface area contributed by atoms with Gasteiger partial charge < -0.3 is 20.6 Å². The van der Waals surface area contributed by atoms with Crippen molar-refractivity contribution in [2.24, 2.45) is 0 Å². The minimum absolute atomic E-state index is 0.202. The minimum atomic E-state index is 0.202. The topological polar surface area (TPSA) is 97.2 Å². The molecule has 5 rings (SSSR count). The van der Waals surface area contributed by atoms with Crippen molar-refractivity contribution in [2.45, 2.75) is 6.42 Å². The van der Waals surface area contributed by atoms with Gasteiger partial charge in [0.2, 0.25) is 5.95 Å². The predicted octanol–water partition coefficient (Wildman–Crippen LogP) is 4.99. The zero-order valence-electron chi connectivity index (χ0n) is 16.2. The zero-order valence-corrected chi connectivity index (χ0v) is 16.2. The number of nitrogens with one attached hydrogen (secondary N) is 1. The molecule has 0 radical (unpaired) electrons. The molecule has 0 aliphatic carbocycles. The fraction of sp³-hybridized carbons (Fsp3) is 0.0833. The summed E-state index contributed by atoms with van der Waals surface area (Å²) in [4.78, 5) is 8.75. The number of hydrogen-bond donors (Lipinski definition) is 3. The normalized spacial score (nSPS) is 11.2. The maximum absolute atomic E-state index is 9.40. The molecule has 5 aromatic rings. The van der Waals surface area contributed by atoms with Gasteiger partial charge in [0.25, 0.3) is 0 Å². The van der Waals surface area contributed by atoms with Gasteiger partial charge in [-0.15, -0.1) is 0 Å². The largest absolute Gasteiger partial charge is 0.508 e. The number of anilines is 2. The Labute approximate surface area is 173 Å². The van der Waals surface area contributed by atoms with Gasteiger partial charge in [0.05, 0.1) is 5.69 Å². The van der Waals surface area contributed by atoms with Gasteiger partial charge in [-0.25, -0.2) is 4.98 Å². The third-order valence-electron chi connectivity index (χ3n) is 5.08. The van der Waals surface area contributed by atoms with Crippen molar-refractivity contribution < 1.29 is 9.52 Å². The average molecular weight is 396 g/mol. The number of nitrogens with zero attached hydrogens (tertiary/aromatic N) is 2. The number of phenolic OH excluding ortho intramolecular Hbond substituents is 1. The Hall–Kier alpha value is -4.06. The van der Waals surface area contributed by atoms with E-state index in [-0.39, 0.29) is 11.7 Å². The van der Waals surface area contributed by atoms with Gasteiger partial charge in [-0.05, 0) is 36.2 Å². The van der Waals surface area contributed by atoms with Gasteiger partial charge in [-0.3, -0.25) is 0 Å². The number of nitrogens with two attached hydrogens (primary N) is 1. The molecule has 0 atom stereocenters. The van der Waals surface area contributed by atoms with Crippen molar-refractivity contribution in [3.05, 3.63) is 78.4 Å². The molecule has 0 bridgehead atoms. The predicted molar refractivity (Wildman–Crippen MR) is 119 cm³/mol. The molecule has 0 saturated heterocycles. The number of hydrogen-bond acceptors (Lipinski definition) is 6. The van der Waals surface area contributed by atoms with E-state index in [1.54, 1.807) is 12.1 Å². The fourth-order valence-electron chi connectivity index (χ4n) is 3.64. The van der Waals surface area contributed by atoms with Crippen molar-refractivity contribution in [1.29, 1.82) is 0 Å². The molecular formula is C24H20N4O2.